The van der Waals surface area contributed by atoms with Crippen molar-refractivity contribution >= 4 is 45.7 Å². The lowest BCUT2D eigenvalue weighted by molar-refractivity contribution is 0.901. The Labute approximate surface area is 108 Å². The molecule has 3 rings (SSSR count). The third kappa shape index (κ3) is 1.50. The summed E-state index contributed by atoms with van der Waals surface area (Å²) < 4.78 is 0. The Balaban J connectivity index is 2.46. The van der Waals surface area contributed by atoms with Gasteiger partial charge in [0, 0.05) is 16.1 Å². The van der Waals surface area contributed by atoms with E-state index >= 15 is 0 Å². The van der Waals surface area contributed by atoms with E-state index in [0.717, 1.165) is 46.4 Å². The molecule has 4 heteroatoms. The summed E-state index contributed by atoms with van der Waals surface area (Å²) in [4.78, 5) is 4.58. The van der Waals surface area contributed by atoms with Crippen LogP contribution in [0.1, 0.15) is 17.7 Å². The van der Waals surface area contributed by atoms with E-state index in [-0.39, 0.29) is 0 Å². The molecule has 2 aromatic rings. The molecule has 82 valence electrons. The van der Waals surface area contributed by atoms with Gasteiger partial charge in [-0.1, -0.05) is 34.8 Å². The van der Waals surface area contributed by atoms with E-state index in [2.05, 4.69) is 4.98 Å². The third-order valence-electron chi connectivity index (χ3n) is 2.97. The highest BCUT2D eigenvalue weighted by atomic mass is 35.5. The summed E-state index contributed by atoms with van der Waals surface area (Å²) in [5.74, 6) is 0. The summed E-state index contributed by atoms with van der Waals surface area (Å²) in [7, 11) is 0. The number of rotatable bonds is 0. The number of benzene rings is 1. The normalized spacial score (nSPS) is 14.4. The van der Waals surface area contributed by atoms with Crippen LogP contribution in [0.3, 0.4) is 0 Å². The molecule has 0 radical (unpaired) electrons. The van der Waals surface area contributed by atoms with Crippen LogP contribution in [0, 0.1) is 0 Å². The van der Waals surface area contributed by atoms with Crippen molar-refractivity contribution in [2.75, 3.05) is 0 Å². The standard InChI is InChI=1S/C12H8Cl3N/c13-6-4-8-11(15)7-2-1-3-10(7)16-12(8)9(14)5-6/h4-5H,1-3H2. The van der Waals surface area contributed by atoms with Crippen molar-refractivity contribution in [1.29, 1.82) is 0 Å². The molecule has 0 aliphatic heterocycles. The summed E-state index contributed by atoms with van der Waals surface area (Å²) in [6.07, 6.45) is 3.11. The fourth-order valence-electron chi connectivity index (χ4n) is 2.23. The minimum Gasteiger partial charge on any atom is -0.251 e. The van der Waals surface area contributed by atoms with Gasteiger partial charge in [0.1, 0.15) is 0 Å². The van der Waals surface area contributed by atoms with Crippen molar-refractivity contribution in [2.24, 2.45) is 0 Å². The molecular weight excluding hydrogens is 264 g/mol. The molecule has 0 saturated carbocycles. The van der Waals surface area contributed by atoms with E-state index in [4.69, 9.17) is 34.8 Å². The Bertz CT molecular complexity index is 593. The number of aryl methyl sites for hydroxylation is 1. The van der Waals surface area contributed by atoms with Crippen LogP contribution in [0.4, 0.5) is 0 Å². The zero-order chi connectivity index (χ0) is 11.3. The Morgan fingerprint density at radius 1 is 1.06 bits per heavy atom. The summed E-state index contributed by atoms with van der Waals surface area (Å²) in [6, 6.07) is 3.53. The molecular formula is C12H8Cl3N. The van der Waals surface area contributed by atoms with Gasteiger partial charge >= 0.3 is 0 Å². The zero-order valence-electron chi connectivity index (χ0n) is 8.36. The van der Waals surface area contributed by atoms with E-state index in [1.807, 2.05) is 6.07 Å². The Morgan fingerprint density at radius 3 is 2.69 bits per heavy atom. The van der Waals surface area contributed by atoms with Gasteiger partial charge in [0.25, 0.3) is 0 Å². The average molecular weight is 273 g/mol. The van der Waals surface area contributed by atoms with Crippen LogP contribution in [0.25, 0.3) is 10.9 Å². The predicted molar refractivity (Wildman–Crippen MR) is 68.8 cm³/mol. The molecule has 1 aliphatic rings. The molecule has 0 N–H and O–H groups in total. The molecule has 1 aliphatic carbocycles. The van der Waals surface area contributed by atoms with Gasteiger partial charge in [0.15, 0.2) is 0 Å². The van der Waals surface area contributed by atoms with Crippen LogP contribution in [-0.2, 0) is 12.8 Å². The second-order valence-electron chi connectivity index (χ2n) is 3.99. The Kier molecular flexibility index (Phi) is 2.50. The van der Waals surface area contributed by atoms with Gasteiger partial charge in [-0.15, -0.1) is 0 Å². The Hall–Kier alpha value is -0.500. The summed E-state index contributed by atoms with van der Waals surface area (Å²) >= 11 is 18.5. The summed E-state index contributed by atoms with van der Waals surface area (Å²) in [6.45, 7) is 0. The largest absolute Gasteiger partial charge is 0.251 e. The van der Waals surface area contributed by atoms with Gasteiger partial charge in [-0.2, -0.15) is 0 Å². The minimum absolute atomic E-state index is 0.569. The number of nitrogens with zero attached hydrogens (tertiary/aromatic N) is 1. The lowest BCUT2D eigenvalue weighted by Crippen LogP contribution is -1.92. The van der Waals surface area contributed by atoms with Gasteiger partial charge in [0.2, 0.25) is 0 Å². The third-order valence-corrected chi connectivity index (χ3v) is 3.90. The van der Waals surface area contributed by atoms with Crippen LogP contribution in [0.15, 0.2) is 12.1 Å². The first-order valence-electron chi connectivity index (χ1n) is 5.13. The monoisotopic (exact) mass is 271 g/mol. The molecule has 1 heterocycles. The van der Waals surface area contributed by atoms with E-state index in [1.54, 1.807) is 6.07 Å². The summed E-state index contributed by atoms with van der Waals surface area (Å²) in [5.41, 5.74) is 3.01. The molecule has 0 spiro atoms. The number of halogens is 3. The summed E-state index contributed by atoms with van der Waals surface area (Å²) in [5, 5.41) is 2.79. The molecule has 1 aromatic heterocycles. The lowest BCUT2D eigenvalue weighted by Gasteiger charge is -2.08. The lowest BCUT2D eigenvalue weighted by atomic mass is 10.1. The highest BCUT2D eigenvalue weighted by Crippen LogP contribution is 2.37. The molecule has 0 saturated heterocycles. The van der Waals surface area contributed by atoms with Crippen LogP contribution >= 0.6 is 34.8 Å². The highest BCUT2D eigenvalue weighted by molar-refractivity contribution is 6.41. The molecule has 1 aromatic carbocycles. The van der Waals surface area contributed by atoms with E-state index in [9.17, 15) is 0 Å². The van der Waals surface area contributed by atoms with Crippen molar-refractivity contribution in [1.82, 2.24) is 4.98 Å². The molecule has 0 atom stereocenters. The maximum absolute atomic E-state index is 6.37. The van der Waals surface area contributed by atoms with Gasteiger partial charge in [0.05, 0.1) is 15.6 Å². The number of hydrogen-bond acceptors (Lipinski definition) is 1. The average Bonchev–Trinajstić information content (AvgIpc) is 2.68. The van der Waals surface area contributed by atoms with Crippen molar-refractivity contribution in [2.45, 2.75) is 19.3 Å². The number of pyridine rings is 1. The molecule has 1 nitrogen and oxygen atoms in total. The number of fused-ring (bicyclic) bond motifs is 2. The van der Waals surface area contributed by atoms with Crippen molar-refractivity contribution < 1.29 is 0 Å². The molecule has 0 bridgehead atoms. The van der Waals surface area contributed by atoms with E-state index in [0.29, 0.717) is 10.0 Å². The zero-order valence-corrected chi connectivity index (χ0v) is 10.6. The first-order valence-corrected chi connectivity index (χ1v) is 6.26. The van der Waals surface area contributed by atoms with Crippen LogP contribution in [-0.4, -0.2) is 4.98 Å². The van der Waals surface area contributed by atoms with Crippen molar-refractivity contribution in [3.8, 4) is 0 Å². The van der Waals surface area contributed by atoms with Crippen LogP contribution in [0.5, 0.6) is 0 Å². The maximum Gasteiger partial charge on any atom is 0.0907 e. The van der Waals surface area contributed by atoms with Gasteiger partial charge in [-0.3, -0.25) is 4.98 Å². The second kappa shape index (κ2) is 3.76. The quantitative estimate of drug-likeness (QED) is 0.678. The van der Waals surface area contributed by atoms with Crippen molar-refractivity contribution in [3.05, 3.63) is 38.5 Å². The molecule has 0 unspecified atom stereocenters. The van der Waals surface area contributed by atoms with Crippen LogP contribution < -0.4 is 0 Å². The Morgan fingerprint density at radius 2 is 1.88 bits per heavy atom. The maximum atomic E-state index is 6.37. The fraction of sp³-hybridized carbons (Fsp3) is 0.250. The van der Waals surface area contributed by atoms with Gasteiger partial charge < -0.3 is 0 Å². The highest BCUT2D eigenvalue weighted by Gasteiger charge is 2.19. The van der Waals surface area contributed by atoms with Gasteiger partial charge in [-0.25, -0.2) is 0 Å². The molecule has 16 heavy (non-hydrogen) atoms. The first-order chi connectivity index (χ1) is 7.66. The number of aromatic nitrogens is 1. The SMILES string of the molecule is Clc1cc(Cl)c2nc3c(c(Cl)c2c1)CCC3. The van der Waals surface area contributed by atoms with Crippen molar-refractivity contribution in [3.63, 3.8) is 0 Å². The topological polar surface area (TPSA) is 12.9 Å². The molecule has 0 amide bonds. The molecule has 0 fully saturated rings. The second-order valence-corrected chi connectivity index (χ2v) is 5.21. The van der Waals surface area contributed by atoms with Gasteiger partial charge in [-0.05, 0) is 37.0 Å². The fourth-order valence-corrected chi connectivity index (χ4v) is 3.12. The minimum atomic E-state index is 0.569. The smallest absolute Gasteiger partial charge is 0.0907 e. The first kappa shape index (κ1) is 10.6. The number of hydrogen-bond donors (Lipinski definition) is 0. The van der Waals surface area contributed by atoms with E-state index in [1.165, 1.54) is 0 Å². The van der Waals surface area contributed by atoms with Crippen LogP contribution in [0.2, 0.25) is 15.1 Å². The predicted octanol–water partition coefficient (Wildman–Crippen LogP) is 4.68. The van der Waals surface area contributed by atoms with E-state index < -0.39 is 0 Å².